The second-order valence-corrected chi connectivity index (χ2v) is 7.91. The molecule has 3 aromatic rings. The number of fused-ring (bicyclic) bond motifs is 1. The van der Waals surface area contributed by atoms with E-state index in [1.807, 2.05) is 24.3 Å². The monoisotopic (exact) mass is 465 g/mol. The van der Waals surface area contributed by atoms with Gasteiger partial charge in [0.15, 0.2) is 0 Å². The number of hydrogen-bond donors (Lipinski definition) is 0. The van der Waals surface area contributed by atoms with Gasteiger partial charge in [-0.05, 0) is 35.9 Å². The van der Waals surface area contributed by atoms with Crippen LogP contribution in [0.2, 0.25) is 10.0 Å². The van der Waals surface area contributed by atoms with Crippen LogP contribution in [0.3, 0.4) is 0 Å². The largest absolute Gasteiger partial charge is 0.481 e. The van der Waals surface area contributed by atoms with Crippen LogP contribution in [-0.4, -0.2) is 22.6 Å². The molecule has 0 bridgehead atoms. The Labute approximate surface area is 174 Å². The van der Waals surface area contributed by atoms with Crippen molar-refractivity contribution in [3.63, 3.8) is 0 Å². The number of aromatic nitrogens is 2. The van der Waals surface area contributed by atoms with Crippen molar-refractivity contribution >= 4 is 56.7 Å². The molecule has 8 heteroatoms. The predicted molar refractivity (Wildman–Crippen MR) is 109 cm³/mol. The second-order valence-electron chi connectivity index (χ2n) is 6.12. The van der Waals surface area contributed by atoms with Gasteiger partial charge in [0, 0.05) is 20.9 Å². The molecule has 0 spiro atoms. The molecule has 2 heterocycles. The molecule has 0 fully saturated rings. The van der Waals surface area contributed by atoms with Crippen molar-refractivity contribution in [2.75, 3.05) is 12.0 Å². The fourth-order valence-electron chi connectivity index (χ4n) is 3.24. The van der Waals surface area contributed by atoms with Crippen LogP contribution in [-0.2, 0) is 11.2 Å². The molecule has 0 saturated heterocycles. The van der Waals surface area contributed by atoms with Gasteiger partial charge in [-0.3, -0.25) is 9.36 Å². The molecule has 138 valence electrons. The van der Waals surface area contributed by atoms with Crippen molar-refractivity contribution in [3.05, 3.63) is 68.7 Å². The Morgan fingerprint density at radius 2 is 1.81 bits per heavy atom. The molecule has 0 aliphatic carbocycles. The maximum atomic E-state index is 13.3. The Kier molecular flexibility index (Phi) is 4.88. The Morgan fingerprint density at radius 1 is 1.15 bits per heavy atom. The molecule has 1 aliphatic heterocycles. The predicted octanol–water partition coefficient (Wildman–Crippen LogP) is 5.42. The van der Waals surface area contributed by atoms with Crippen LogP contribution in [0.5, 0.6) is 5.88 Å². The average molecular weight is 467 g/mol. The molecule has 1 atom stereocenters. The fraction of sp³-hybridized carbons (Fsp3) is 0.158. The number of carbonyl (C=O) groups is 1. The van der Waals surface area contributed by atoms with E-state index in [2.05, 4.69) is 20.9 Å². The molecule has 4 rings (SSSR count). The molecule has 5 nitrogen and oxygen atoms in total. The van der Waals surface area contributed by atoms with E-state index in [9.17, 15) is 4.79 Å². The zero-order valence-electron chi connectivity index (χ0n) is 14.2. The lowest BCUT2D eigenvalue weighted by Gasteiger charge is -2.16. The van der Waals surface area contributed by atoms with Crippen molar-refractivity contribution in [2.45, 2.75) is 12.5 Å². The summed E-state index contributed by atoms with van der Waals surface area (Å²) in [5.41, 5.74) is 1.61. The van der Waals surface area contributed by atoms with Crippen molar-refractivity contribution in [1.29, 1.82) is 0 Å². The Bertz CT molecular complexity index is 1000. The third-order valence-corrected chi connectivity index (χ3v) is 5.38. The summed E-state index contributed by atoms with van der Waals surface area (Å²) in [6.07, 6.45) is 2.12. The Balaban J connectivity index is 1.78. The normalized spacial score (nSPS) is 15.9. The molecule has 1 unspecified atom stereocenters. The zero-order chi connectivity index (χ0) is 19.1. The molecule has 2 aromatic carbocycles. The minimum atomic E-state index is -0.476. The van der Waals surface area contributed by atoms with E-state index in [-0.39, 0.29) is 5.91 Å². The highest BCUT2D eigenvalue weighted by Crippen LogP contribution is 2.42. The lowest BCUT2D eigenvalue weighted by molar-refractivity contribution is -0.119. The smallest absolute Gasteiger partial charge is 0.257 e. The van der Waals surface area contributed by atoms with Crippen molar-refractivity contribution in [2.24, 2.45) is 0 Å². The number of rotatable bonds is 4. The van der Waals surface area contributed by atoms with E-state index in [0.717, 1.165) is 10.0 Å². The summed E-state index contributed by atoms with van der Waals surface area (Å²) < 4.78 is 8.22. The van der Waals surface area contributed by atoms with Crippen LogP contribution in [0.25, 0.3) is 0 Å². The molecule has 1 aliphatic rings. The number of nitrogens with zero attached hydrogens (tertiary/aromatic N) is 3. The van der Waals surface area contributed by atoms with E-state index in [1.165, 1.54) is 4.90 Å². The first-order valence-electron chi connectivity index (χ1n) is 8.13. The summed E-state index contributed by atoms with van der Waals surface area (Å²) in [5.74, 6) is 0.894. The highest BCUT2D eigenvalue weighted by molar-refractivity contribution is 9.10. The number of anilines is 2. The van der Waals surface area contributed by atoms with Gasteiger partial charge in [-0.2, -0.15) is 0 Å². The number of benzene rings is 2. The number of imidazole rings is 1. The van der Waals surface area contributed by atoms with Crippen molar-refractivity contribution in [3.8, 4) is 5.88 Å². The van der Waals surface area contributed by atoms with Gasteiger partial charge in [-0.25, -0.2) is 9.88 Å². The lowest BCUT2D eigenvalue weighted by atomic mass is 10.1. The quantitative estimate of drug-likeness (QED) is 0.515. The number of halogens is 3. The van der Waals surface area contributed by atoms with Crippen molar-refractivity contribution in [1.82, 2.24) is 9.55 Å². The molecule has 0 radical (unpaired) electrons. The molecule has 0 saturated carbocycles. The maximum Gasteiger partial charge on any atom is 0.257 e. The Hall–Kier alpha value is -2.02. The molecule has 27 heavy (non-hydrogen) atoms. The first-order chi connectivity index (χ1) is 13.0. The highest BCUT2D eigenvalue weighted by Gasteiger charge is 2.41. The summed E-state index contributed by atoms with van der Waals surface area (Å²) in [5, 5.41) is 0.901. The molecule has 0 N–H and O–H groups in total. The van der Waals surface area contributed by atoms with Gasteiger partial charge in [0.25, 0.3) is 5.91 Å². The summed E-state index contributed by atoms with van der Waals surface area (Å²) in [6.45, 7) is 0. The van der Waals surface area contributed by atoms with Gasteiger partial charge in [0.1, 0.15) is 6.04 Å². The topological polar surface area (TPSA) is 47.4 Å². The second kappa shape index (κ2) is 7.19. The van der Waals surface area contributed by atoms with E-state index < -0.39 is 6.04 Å². The number of methoxy groups -OCH3 is 1. The van der Waals surface area contributed by atoms with Crippen LogP contribution >= 0.6 is 39.1 Å². The van der Waals surface area contributed by atoms with Gasteiger partial charge in [-0.1, -0.05) is 51.3 Å². The van der Waals surface area contributed by atoms with Crippen LogP contribution in [0.4, 0.5) is 11.6 Å². The van der Waals surface area contributed by atoms with Crippen LogP contribution in [0.1, 0.15) is 11.6 Å². The first kappa shape index (κ1) is 18.3. The SMILES string of the molecule is COc1cnc2n1C(Cc1ccc(Br)cc1)C(=O)N2c1cc(Cl)cc(Cl)c1. The van der Waals surface area contributed by atoms with Gasteiger partial charge < -0.3 is 4.74 Å². The maximum absolute atomic E-state index is 13.3. The minimum Gasteiger partial charge on any atom is -0.481 e. The molecular formula is C19H14BrCl2N3O2. The standard InChI is InChI=1S/C19H14BrCl2N3O2/c1-27-17-10-23-19-24(15-8-13(21)7-14(22)9-15)18(26)16(25(17)19)6-11-2-4-12(20)5-3-11/h2-5,7-10,16H,6H2,1H3. The fourth-order valence-corrected chi connectivity index (χ4v) is 4.02. The molecular weight excluding hydrogens is 453 g/mol. The van der Waals surface area contributed by atoms with E-state index in [0.29, 0.717) is 34.0 Å². The first-order valence-corrected chi connectivity index (χ1v) is 9.68. The number of ether oxygens (including phenoxy) is 1. The average Bonchev–Trinajstić information content (AvgIpc) is 3.14. The van der Waals surface area contributed by atoms with Gasteiger partial charge in [-0.15, -0.1) is 0 Å². The van der Waals surface area contributed by atoms with Crippen LogP contribution in [0, 0.1) is 0 Å². The van der Waals surface area contributed by atoms with Gasteiger partial charge in [0.05, 0.1) is 19.0 Å². The van der Waals surface area contributed by atoms with Crippen LogP contribution < -0.4 is 9.64 Å². The van der Waals surface area contributed by atoms with Crippen molar-refractivity contribution < 1.29 is 9.53 Å². The zero-order valence-corrected chi connectivity index (χ0v) is 17.3. The van der Waals surface area contributed by atoms with E-state index >= 15 is 0 Å². The summed E-state index contributed by atoms with van der Waals surface area (Å²) in [4.78, 5) is 19.2. The van der Waals surface area contributed by atoms with Crippen LogP contribution in [0.15, 0.2) is 53.1 Å². The number of hydrogen-bond acceptors (Lipinski definition) is 3. The molecule has 1 aromatic heterocycles. The Morgan fingerprint density at radius 3 is 2.44 bits per heavy atom. The summed E-state index contributed by atoms with van der Waals surface area (Å²) in [7, 11) is 1.56. The third-order valence-electron chi connectivity index (χ3n) is 4.42. The molecule has 1 amide bonds. The van der Waals surface area contributed by atoms with Gasteiger partial charge in [0.2, 0.25) is 11.8 Å². The van der Waals surface area contributed by atoms with E-state index in [1.54, 1.807) is 36.1 Å². The number of amides is 1. The lowest BCUT2D eigenvalue weighted by Crippen LogP contribution is -2.26. The number of carbonyl (C=O) groups excluding carboxylic acids is 1. The summed E-state index contributed by atoms with van der Waals surface area (Å²) >= 11 is 15.7. The minimum absolute atomic E-state index is 0.113. The van der Waals surface area contributed by atoms with E-state index in [4.69, 9.17) is 27.9 Å². The van der Waals surface area contributed by atoms with Gasteiger partial charge >= 0.3 is 0 Å². The third kappa shape index (κ3) is 3.33. The summed E-state index contributed by atoms with van der Waals surface area (Å²) in [6, 6.07) is 12.4. The highest BCUT2D eigenvalue weighted by atomic mass is 79.9.